The summed E-state index contributed by atoms with van der Waals surface area (Å²) >= 11 is 0. The van der Waals surface area contributed by atoms with Crippen LogP contribution in [0.4, 0.5) is 0 Å². The predicted octanol–water partition coefficient (Wildman–Crippen LogP) is 1.85. The van der Waals surface area contributed by atoms with Gasteiger partial charge in [0.15, 0.2) is 5.82 Å². The summed E-state index contributed by atoms with van der Waals surface area (Å²) in [6.07, 6.45) is 3.98. The molecule has 0 amide bonds. The van der Waals surface area contributed by atoms with Crippen LogP contribution >= 0.6 is 0 Å². The van der Waals surface area contributed by atoms with Crippen LogP contribution in [0.3, 0.4) is 0 Å². The lowest BCUT2D eigenvalue weighted by atomic mass is 10.0. The van der Waals surface area contributed by atoms with Gasteiger partial charge in [0, 0.05) is 31.9 Å². The van der Waals surface area contributed by atoms with E-state index in [-0.39, 0.29) is 10.8 Å². The Morgan fingerprint density at radius 2 is 2.00 bits per heavy atom. The number of rotatable bonds is 6. The first-order valence-corrected chi connectivity index (χ1v) is 9.86. The maximum Gasteiger partial charge on any atom is 0.243 e. The van der Waals surface area contributed by atoms with Gasteiger partial charge in [0.25, 0.3) is 0 Å². The van der Waals surface area contributed by atoms with Crippen molar-refractivity contribution in [1.82, 2.24) is 19.4 Å². The Morgan fingerprint density at radius 3 is 2.67 bits per heavy atom. The molecule has 0 radical (unpaired) electrons. The number of nitrogens with zero attached hydrogens (tertiary/aromatic N) is 4. The fraction of sp³-hybridized carbons (Fsp3) is 0.278. The third-order valence-corrected chi connectivity index (χ3v) is 6.31. The Kier molecular flexibility index (Phi) is 4.63. The molecule has 3 aromatic rings. The van der Waals surface area contributed by atoms with Gasteiger partial charge in [-0.3, -0.25) is 4.98 Å². The molecule has 9 heteroatoms. The largest absolute Gasteiger partial charge is 0.497 e. The average molecular weight is 386 g/mol. The minimum absolute atomic E-state index is 0.0897. The zero-order valence-corrected chi connectivity index (χ0v) is 15.5. The van der Waals surface area contributed by atoms with Gasteiger partial charge in [-0.15, -0.1) is 0 Å². The van der Waals surface area contributed by atoms with E-state index < -0.39 is 10.0 Å². The second kappa shape index (κ2) is 7.09. The molecule has 2 aromatic heterocycles. The topological polar surface area (TPSA) is 98.4 Å². The van der Waals surface area contributed by atoms with E-state index in [1.165, 1.54) is 11.4 Å². The van der Waals surface area contributed by atoms with Crippen LogP contribution in [0.15, 0.2) is 58.2 Å². The van der Waals surface area contributed by atoms with Crippen LogP contribution in [0, 0.1) is 0 Å². The van der Waals surface area contributed by atoms with Crippen LogP contribution < -0.4 is 4.74 Å². The molecule has 1 aromatic carbocycles. The number of sulfonamides is 1. The highest BCUT2D eigenvalue weighted by molar-refractivity contribution is 7.89. The minimum atomic E-state index is -3.53. The van der Waals surface area contributed by atoms with Gasteiger partial charge >= 0.3 is 0 Å². The van der Waals surface area contributed by atoms with Gasteiger partial charge in [0.1, 0.15) is 5.75 Å². The normalized spacial score (nSPS) is 15.4. The first-order valence-electron chi connectivity index (χ1n) is 8.42. The molecule has 140 valence electrons. The second-order valence-electron chi connectivity index (χ2n) is 6.28. The average Bonchev–Trinajstić information content (AvgIpc) is 3.09. The van der Waals surface area contributed by atoms with Crippen molar-refractivity contribution in [2.75, 3.05) is 20.2 Å². The number of ether oxygens (including phenoxy) is 1. The third kappa shape index (κ3) is 3.56. The molecule has 4 rings (SSSR count). The highest BCUT2D eigenvalue weighted by atomic mass is 32.2. The summed E-state index contributed by atoms with van der Waals surface area (Å²) in [6, 6.07) is 10.1. The van der Waals surface area contributed by atoms with E-state index >= 15 is 0 Å². The van der Waals surface area contributed by atoms with Crippen LogP contribution in [-0.2, 0) is 16.4 Å². The monoisotopic (exact) mass is 386 g/mol. The van der Waals surface area contributed by atoms with Crippen molar-refractivity contribution in [3.63, 3.8) is 0 Å². The molecule has 1 aliphatic heterocycles. The Balaban J connectivity index is 1.40. The molecule has 0 saturated carbocycles. The Labute approximate surface area is 156 Å². The van der Waals surface area contributed by atoms with Gasteiger partial charge in [-0.1, -0.05) is 11.2 Å². The summed E-state index contributed by atoms with van der Waals surface area (Å²) in [5.74, 6) is 1.56. The molecule has 0 atom stereocenters. The van der Waals surface area contributed by atoms with E-state index in [1.807, 2.05) is 12.1 Å². The SMILES string of the molecule is COc1ccc(S(=O)(=O)N2CC(c3nc(Cc4cccnc4)no3)C2)cc1. The van der Waals surface area contributed by atoms with Gasteiger partial charge in [0.2, 0.25) is 15.9 Å². The highest BCUT2D eigenvalue weighted by Gasteiger charge is 2.40. The van der Waals surface area contributed by atoms with Crippen molar-refractivity contribution in [2.24, 2.45) is 0 Å². The third-order valence-electron chi connectivity index (χ3n) is 4.46. The molecule has 1 fully saturated rings. The van der Waals surface area contributed by atoms with Crippen LogP contribution in [0.1, 0.15) is 23.2 Å². The fourth-order valence-corrected chi connectivity index (χ4v) is 4.41. The quantitative estimate of drug-likeness (QED) is 0.637. The van der Waals surface area contributed by atoms with Crippen molar-refractivity contribution >= 4 is 10.0 Å². The Hall–Kier alpha value is -2.78. The first kappa shape index (κ1) is 17.6. The molecule has 0 aliphatic carbocycles. The van der Waals surface area contributed by atoms with Crippen LogP contribution in [0.2, 0.25) is 0 Å². The summed E-state index contributed by atoms with van der Waals surface area (Å²) in [5, 5.41) is 3.98. The number of pyridine rings is 1. The molecule has 1 aliphatic rings. The number of hydrogen-bond acceptors (Lipinski definition) is 7. The van der Waals surface area contributed by atoms with Gasteiger partial charge < -0.3 is 9.26 Å². The molecule has 1 saturated heterocycles. The van der Waals surface area contributed by atoms with Crippen LogP contribution in [-0.4, -0.2) is 48.0 Å². The predicted molar refractivity (Wildman–Crippen MR) is 95.8 cm³/mol. The lowest BCUT2D eigenvalue weighted by molar-refractivity contribution is 0.216. The van der Waals surface area contributed by atoms with Crippen molar-refractivity contribution in [3.05, 3.63) is 66.1 Å². The van der Waals surface area contributed by atoms with Gasteiger partial charge in [-0.05, 0) is 35.9 Å². The van der Waals surface area contributed by atoms with Crippen LogP contribution in [0.25, 0.3) is 0 Å². The van der Waals surface area contributed by atoms with E-state index in [2.05, 4.69) is 15.1 Å². The number of aromatic nitrogens is 3. The minimum Gasteiger partial charge on any atom is -0.497 e. The maximum atomic E-state index is 12.6. The van der Waals surface area contributed by atoms with Gasteiger partial charge in [-0.2, -0.15) is 9.29 Å². The lowest BCUT2D eigenvalue weighted by Crippen LogP contribution is -2.48. The standard InChI is InChI=1S/C18H18N4O4S/c1-25-15-4-6-16(7-5-15)27(23,24)22-11-14(12-22)18-20-17(21-26-18)9-13-3-2-8-19-10-13/h2-8,10,14H,9,11-12H2,1H3. The maximum absolute atomic E-state index is 12.6. The van der Waals surface area contributed by atoms with E-state index in [1.54, 1.807) is 36.7 Å². The summed E-state index contributed by atoms with van der Waals surface area (Å²) in [7, 11) is -1.99. The summed E-state index contributed by atoms with van der Waals surface area (Å²) < 4.78 is 37.1. The second-order valence-corrected chi connectivity index (χ2v) is 8.22. The van der Waals surface area contributed by atoms with E-state index in [9.17, 15) is 8.42 Å². The summed E-state index contributed by atoms with van der Waals surface area (Å²) in [5.41, 5.74) is 0.988. The molecule has 3 heterocycles. The fourth-order valence-electron chi connectivity index (χ4n) is 2.88. The first-order chi connectivity index (χ1) is 13.1. The molecule has 8 nitrogen and oxygen atoms in total. The van der Waals surface area contributed by atoms with Crippen molar-refractivity contribution in [3.8, 4) is 5.75 Å². The number of hydrogen-bond donors (Lipinski definition) is 0. The highest BCUT2D eigenvalue weighted by Crippen LogP contribution is 2.31. The van der Waals surface area contributed by atoms with Gasteiger partial charge in [0.05, 0.1) is 17.9 Å². The molecular formula is C18H18N4O4S. The van der Waals surface area contributed by atoms with E-state index in [4.69, 9.17) is 9.26 Å². The molecule has 0 bridgehead atoms. The smallest absolute Gasteiger partial charge is 0.243 e. The summed E-state index contributed by atoms with van der Waals surface area (Å²) in [6.45, 7) is 0.645. The Morgan fingerprint density at radius 1 is 1.22 bits per heavy atom. The zero-order valence-electron chi connectivity index (χ0n) is 14.6. The zero-order chi connectivity index (χ0) is 18.9. The van der Waals surface area contributed by atoms with E-state index in [0.29, 0.717) is 37.0 Å². The van der Waals surface area contributed by atoms with Crippen molar-refractivity contribution in [2.45, 2.75) is 17.2 Å². The number of methoxy groups -OCH3 is 1. The number of benzene rings is 1. The molecular weight excluding hydrogens is 368 g/mol. The Bertz CT molecular complexity index is 1010. The van der Waals surface area contributed by atoms with Crippen molar-refractivity contribution in [1.29, 1.82) is 0 Å². The van der Waals surface area contributed by atoms with Crippen LogP contribution in [0.5, 0.6) is 5.75 Å². The van der Waals surface area contributed by atoms with Gasteiger partial charge in [-0.25, -0.2) is 8.42 Å². The molecule has 0 N–H and O–H groups in total. The van der Waals surface area contributed by atoms with E-state index in [0.717, 1.165) is 5.56 Å². The summed E-state index contributed by atoms with van der Waals surface area (Å²) in [4.78, 5) is 8.70. The molecule has 0 unspecified atom stereocenters. The molecule has 27 heavy (non-hydrogen) atoms. The molecule has 0 spiro atoms. The lowest BCUT2D eigenvalue weighted by Gasteiger charge is -2.35. The van der Waals surface area contributed by atoms with Crippen molar-refractivity contribution < 1.29 is 17.7 Å².